The Morgan fingerprint density at radius 2 is 1.71 bits per heavy atom. The largest absolute Gasteiger partial charge is 0.325 e. The molecule has 0 spiro atoms. The van der Waals surface area contributed by atoms with Crippen LogP contribution in [0.3, 0.4) is 0 Å². The Morgan fingerprint density at radius 1 is 1.06 bits per heavy atom. The molecule has 0 aromatic heterocycles. The van der Waals surface area contributed by atoms with Crippen LogP contribution >= 0.6 is 11.8 Å². The zero-order chi connectivity index (χ0) is 22.4. The van der Waals surface area contributed by atoms with Gasteiger partial charge in [-0.3, -0.25) is 9.69 Å². The van der Waals surface area contributed by atoms with Gasteiger partial charge < -0.3 is 5.32 Å². The van der Waals surface area contributed by atoms with Gasteiger partial charge in [0, 0.05) is 23.9 Å². The van der Waals surface area contributed by atoms with E-state index in [-0.39, 0.29) is 23.3 Å². The summed E-state index contributed by atoms with van der Waals surface area (Å²) in [7, 11) is -3.71. The van der Waals surface area contributed by atoms with Gasteiger partial charge in [-0.1, -0.05) is 38.1 Å². The monoisotopic (exact) mass is 461 g/mol. The van der Waals surface area contributed by atoms with Gasteiger partial charge in [0.15, 0.2) is 0 Å². The smallest absolute Gasteiger partial charge is 0.240 e. The average Bonchev–Trinajstić information content (AvgIpc) is 3.26. The topological polar surface area (TPSA) is 78.5 Å². The van der Waals surface area contributed by atoms with Crippen molar-refractivity contribution >= 4 is 33.4 Å². The number of benzene rings is 2. The molecule has 3 rings (SSSR count). The maximum Gasteiger partial charge on any atom is 0.240 e. The number of nitrogens with zero attached hydrogens (tertiary/aromatic N) is 1. The molecule has 1 amide bonds. The van der Waals surface area contributed by atoms with Crippen LogP contribution in [0.15, 0.2) is 52.3 Å². The number of thioether (sulfide) groups is 1. The summed E-state index contributed by atoms with van der Waals surface area (Å²) in [5, 5.41) is 2.83. The zero-order valence-electron chi connectivity index (χ0n) is 18.3. The third-order valence-corrected chi connectivity index (χ3v) is 7.55. The molecule has 1 fully saturated rings. The van der Waals surface area contributed by atoms with Crippen LogP contribution < -0.4 is 10.0 Å². The molecule has 0 bridgehead atoms. The highest BCUT2D eigenvalue weighted by Gasteiger charge is 2.18. The highest BCUT2D eigenvalue weighted by atomic mass is 32.2. The van der Waals surface area contributed by atoms with Gasteiger partial charge in [0.2, 0.25) is 15.9 Å². The van der Waals surface area contributed by atoms with E-state index < -0.39 is 10.0 Å². The van der Waals surface area contributed by atoms with E-state index in [4.69, 9.17) is 0 Å². The van der Waals surface area contributed by atoms with Crippen LogP contribution in [0.4, 0.5) is 5.69 Å². The molecule has 31 heavy (non-hydrogen) atoms. The third-order valence-electron chi connectivity index (χ3n) is 5.36. The maximum atomic E-state index is 12.8. The average molecular weight is 462 g/mol. The fourth-order valence-corrected chi connectivity index (χ4v) is 5.03. The Labute approximate surface area is 189 Å². The minimum Gasteiger partial charge on any atom is -0.325 e. The number of nitrogens with one attached hydrogen (secondary N) is 2. The fraction of sp³-hybridized carbons (Fsp3) is 0.435. The molecule has 0 unspecified atom stereocenters. The number of likely N-dealkylation sites (tertiary alicyclic amines) is 1. The minimum absolute atomic E-state index is 0.134. The van der Waals surface area contributed by atoms with E-state index >= 15 is 0 Å². The molecule has 6 nitrogen and oxygen atoms in total. The van der Waals surface area contributed by atoms with Crippen LogP contribution in [-0.4, -0.2) is 38.6 Å². The van der Waals surface area contributed by atoms with Crippen molar-refractivity contribution in [1.29, 1.82) is 0 Å². The number of anilines is 1. The van der Waals surface area contributed by atoms with Gasteiger partial charge >= 0.3 is 0 Å². The minimum atomic E-state index is -3.71. The number of carbonyl (C=O) groups excluding carboxylic acids is 1. The Bertz CT molecular complexity index is 999. The first-order valence-electron chi connectivity index (χ1n) is 10.6. The van der Waals surface area contributed by atoms with Crippen molar-refractivity contribution in [3.8, 4) is 0 Å². The van der Waals surface area contributed by atoms with Crippen LogP contribution in [0, 0.1) is 5.92 Å². The first kappa shape index (κ1) is 23.8. The number of carbonyl (C=O) groups is 1. The summed E-state index contributed by atoms with van der Waals surface area (Å²) in [5.41, 5.74) is 2.66. The van der Waals surface area contributed by atoms with Crippen molar-refractivity contribution in [1.82, 2.24) is 9.62 Å². The van der Waals surface area contributed by atoms with Gasteiger partial charge in [0.1, 0.15) is 0 Å². The third kappa shape index (κ3) is 6.55. The highest BCUT2D eigenvalue weighted by molar-refractivity contribution is 7.98. The molecule has 1 aliphatic rings. The lowest BCUT2D eigenvalue weighted by Gasteiger charge is -2.15. The molecule has 0 saturated carbocycles. The van der Waals surface area contributed by atoms with Gasteiger partial charge in [-0.05, 0) is 61.5 Å². The second kappa shape index (κ2) is 10.6. The predicted molar refractivity (Wildman–Crippen MR) is 127 cm³/mol. The summed E-state index contributed by atoms with van der Waals surface area (Å²) < 4.78 is 28.3. The fourth-order valence-electron chi connectivity index (χ4n) is 3.45. The summed E-state index contributed by atoms with van der Waals surface area (Å²) in [6.45, 7) is 7.05. The number of hydrogen-bond acceptors (Lipinski definition) is 5. The molecule has 8 heteroatoms. The van der Waals surface area contributed by atoms with E-state index in [1.54, 1.807) is 26.0 Å². The lowest BCUT2D eigenvalue weighted by atomic mass is 10.1. The molecule has 0 radical (unpaired) electrons. The molecule has 1 saturated heterocycles. The van der Waals surface area contributed by atoms with Crippen molar-refractivity contribution in [3.63, 3.8) is 0 Å². The normalized spacial score (nSPS) is 14.8. The van der Waals surface area contributed by atoms with E-state index in [0.717, 1.165) is 30.1 Å². The van der Waals surface area contributed by atoms with Gasteiger partial charge in [-0.25, -0.2) is 13.1 Å². The molecule has 168 valence electrons. The van der Waals surface area contributed by atoms with Crippen molar-refractivity contribution in [2.45, 2.75) is 49.6 Å². The van der Waals surface area contributed by atoms with E-state index in [2.05, 4.69) is 27.1 Å². The van der Waals surface area contributed by atoms with Crippen molar-refractivity contribution in [3.05, 3.63) is 53.6 Å². The van der Waals surface area contributed by atoms with E-state index in [0.29, 0.717) is 5.69 Å². The molecular weight excluding hydrogens is 430 g/mol. The van der Waals surface area contributed by atoms with E-state index in [9.17, 15) is 13.2 Å². The molecule has 2 aromatic carbocycles. The van der Waals surface area contributed by atoms with Crippen molar-refractivity contribution in [2.75, 3.05) is 24.7 Å². The zero-order valence-corrected chi connectivity index (χ0v) is 20.0. The SMILES string of the molecule is CSc1ccc(S(=O)(=O)NCc2ccc(CN3CCCC3)cc2)cc1NC(=O)C(C)C. The predicted octanol–water partition coefficient (Wildman–Crippen LogP) is 4.08. The summed E-state index contributed by atoms with van der Waals surface area (Å²) >= 11 is 1.46. The Balaban J connectivity index is 1.66. The van der Waals surface area contributed by atoms with Crippen LogP contribution in [-0.2, 0) is 27.9 Å². The van der Waals surface area contributed by atoms with E-state index in [1.807, 2.05) is 18.4 Å². The maximum absolute atomic E-state index is 12.8. The highest BCUT2D eigenvalue weighted by Crippen LogP contribution is 2.28. The molecule has 0 atom stereocenters. The molecule has 1 aliphatic heterocycles. The van der Waals surface area contributed by atoms with Crippen molar-refractivity contribution < 1.29 is 13.2 Å². The molecule has 1 heterocycles. The number of hydrogen-bond donors (Lipinski definition) is 2. The van der Waals surface area contributed by atoms with Crippen LogP contribution in [0.5, 0.6) is 0 Å². The summed E-state index contributed by atoms with van der Waals surface area (Å²) in [6.07, 6.45) is 4.42. The van der Waals surface area contributed by atoms with Crippen LogP contribution in [0.25, 0.3) is 0 Å². The van der Waals surface area contributed by atoms with Crippen LogP contribution in [0.2, 0.25) is 0 Å². The van der Waals surface area contributed by atoms with Crippen LogP contribution in [0.1, 0.15) is 37.8 Å². The quantitative estimate of drug-likeness (QED) is 0.550. The van der Waals surface area contributed by atoms with Gasteiger partial charge in [0.05, 0.1) is 10.6 Å². The summed E-state index contributed by atoms with van der Waals surface area (Å²) in [4.78, 5) is 15.5. The molecular formula is C23H31N3O3S2. The lowest BCUT2D eigenvalue weighted by molar-refractivity contribution is -0.118. The van der Waals surface area contributed by atoms with Gasteiger partial charge in [-0.15, -0.1) is 11.8 Å². The number of amides is 1. The van der Waals surface area contributed by atoms with Gasteiger partial charge in [0.25, 0.3) is 0 Å². The second-order valence-corrected chi connectivity index (χ2v) is 10.7. The number of rotatable bonds is 9. The Kier molecular flexibility index (Phi) is 8.16. The first-order valence-corrected chi connectivity index (χ1v) is 13.3. The lowest BCUT2D eigenvalue weighted by Crippen LogP contribution is -2.24. The standard InChI is InChI=1S/C23H31N3O3S2/c1-17(2)23(27)25-21-14-20(10-11-22(21)30-3)31(28,29)24-15-18-6-8-19(9-7-18)16-26-12-4-5-13-26/h6-11,14,17,24H,4-5,12-13,15-16H2,1-3H3,(H,25,27). The number of sulfonamides is 1. The Morgan fingerprint density at radius 3 is 2.32 bits per heavy atom. The van der Waals surface area contributed by atoms with Gasteiger partial charge in [-0.2, -0.15) is 0 Å². The molecule has 2 aromatic rings. The summed E-state index contributed by atoms with van der Waals surface area (Å²) in [5.74, 6) is -0.339. The first-order chi connectivity index (χ1) is 14.8. The Hall–Kier alpha value is -1.87. The summed E-state index contributed by atoms with van der Waals surface area (Å²) in [6, 6.07) is 12.9. The molecule has 2 N–H and O–H groups in total. The second-order valence-electron chi connectivity index (χ2n) is 8.13. The molecule has 0 aliphatic carbocycles. The van der Waals surface area contributed by atoms with E-state index in [1.165, 1.54) is 36.2 Å². The van der Waals surface area contributed by atoms with Crippen molar-refractivity contribution in [2.24, 2.45) is 5.92 Å².